The molecule has 0 bridgehead atoms. The van der Waals surface area contributed by atoms with E-state index < -0.39 is 0 Å². The zero-order chi connectivity index (χ0) is 13.0. The zero-order valence-corrected chi connectivity index (χ0v) is 12.7. The molecule has 1 atom stereocenters. The lowest BCUT2D eigenvalue weighted by Gasteiger charge is -2.34. The normalized spacial score (nSPS) is 18.6. The van der Waals surface area contributed by atoms with Crippen molar-refractivity contribution in [2.75, 3.05) is 33.3 Å². The molecule has 0 unspecified atom stereocenters. The van der Waals surface area contributed by atoms with Crippen molar-refractivity contribution >= 4 is 15.9 Å². The second kappa shape index (κ2) is 6.55. The van der Waals surface area contributed by atoms with Crippen LogP contribution in [-0.4, -0.2) is 38.2 Å². The summed E-state index contributed by atoms with van der Waals surface area (Å²) >= 11 is 3.57. The summed E-state index contributed by atoms with van der Waals surface area (Å²) in [7, 11) is 1.70. The molecule has 0 spiro atoms. The smallest absolute Gasteiger partial charge is 0.133 e. The number of nitrogens with one attached hydrogen (secondary N) is 1. The third-order valence-corrected chi connectivity index (χ3v) is 4.16. The van der Waals surface area contributed by atoms with Crippen LogP contribution in [0.2, 0.25) is 0 Å². The Bertz CT molecular complexity index is 391. The molecule has 1 aromatic carbocycles. The Labute approximate surface area is 118 Å². The van der Waals surface area contributed by atoms with E-state index in [2.05, 4.69) is 45.2 Å². The van der Waals surface area contributed by atoms with Crippen molar-refractivity contribution in [3.05, 3.63) is 28.2 Å². The maximum atomic E-state index is 5.29. The molecule has 100 valence electrons. The van der Waals surface area contributed by atoms with Gasteiger partial charge in [-0.15, -0.1) is 0 Å². The minimum Gasteiger partial charge on any atom is -0.496 e. The maximum absolute atomic E-state index is 5.29. The SMILES string of the molecule is CC[C@H](c1ccc(OC)c(Br)c1)N1CCNCC1. The van der Waals surface area contributed by atoms with Crippen molar-refractivity contribution in [1.82, 2.24) is 10.2 Å². The molecule has 0 saturated carbocycles. The first-order valence-corrected chi connectivity index (χ1v) is 7.33. The van der Waals surface area contributed by atoms with E-state index in [9.17, 15) is 0 Å². The molecule has 1 aliphatic rings. The van der Waals surface area contributed by atoms with E-state index in [0.717, 1.165) is 42.8 Å². The van der Waals surface area contributed by atoms with Gasteiger partial charge in [-0.25, -0.2) is 0 Å². The summed E-state index contributed by atoms with van der Waals surface area (Å²) in [5, 5.41) is 3.40. The average molecular weight is 313 g/mol. The third-order valence-electron chi connectivity index (χ3n) is 3.54. The minimum absolute atomic E-state index is 0.509. The van der Waals surface area contributed by atoms with E-state index in [0.29, 0.717) is 6.04 Å². The first-order valence-electron chi connectivity index (χ1n) is 6.54. The van der Waals surface area contributed by atoms with E-state index in [4.69, 9.17) is 4.74 Å². The van der Waals surface area contributed by atoms with Crippen molar-refractivity contribution in [2.45, 2.75) is 19.4 Å². The Kier molecular flexibility index (Phi) is 5.03. The number of hydrogen-bond donors (Lipinski definition) is 1. The number of halogens is 1. The van der Waals surface area contributed by atoms with Crippen LogP contribution in [0.1, 0.15) is 24.9 Å². The summed E-state index contributed by atoms with van der Waals surface area (Å²) in [5.41, 5.74) is 1.37. The van der Waals surface area contributed by atoms with Gasteiger partial charge in [-0.05, 0) is 40.0 Å². The quantitative estimate of drug-likeness (QED) is 0.925. The molecule has 1 N–H and O–H groups in total. The standard InChI is InChI=1S/C14H21BrN2O/c1-3-13(17-8-6-16-7-9-17)11-4-5-14(18-2)12(15)10-11/h4-5,10,13,16H,3,6-9H2,1-2H3/t13-/m1/s1. The van der Waals surface area contributed by atoms with Crippen molar-refractivity contribution in [3.8, 4) is 5.75 Å². The summed E-state index contributed by atoms with van der Waals surface area (Å²) < 4.78 is 6.33. The Hall–Kier alpha value is -0.580. The van der Waals surface area contributed by atoms with Gasteiger partial charge < -0.3 is 10.1 Å². The highest BCUT2D eigenvalue weighted by Gasteiger charge is 2.21. The Morgan fingerprint density at radius 1 is 1.39 bits per heavy atom. The number of nitrogens with zero attached hydrogens (tertiary/aromatic N) is 1. The molecule has 1 fully saturated rings. The summed E-state index contributed by atoms with van der Waals surface area (Å²) in [5.74, 6) is 0.897. The van der Waals surface area contributed by atoms with Crippen LogP contribution in [0.5, 0.6) is 5.75 Å². The fraction of sp³-hybridized carbons (Fsp3) is 0.571. The molecule has 18 heavy (non-hydrogen) atoms. The summed E-state index contributed by atoms with van der Waals surface area (Å²) in [4.78, 5) is 2.56. The van der Waals surface area contributed by atoms with Gasteiger partial charge in [0.25, 0.3) is 0 Å². The van der Waals surface area contributed by atoms with Gasteiger partial charge >= 0.3 is 0 Å². The molecular weight excluding hydrogens is 292 g/mol. The van der Waals surface area contributed by atoms with Crippen LogP contribution in [0.4, 0.5) is 0 Å². The molecule has 0 radical (unpaired) electrons. The van der Waals surface area contributed by atoms with Gasteiger partial charge in [0, 0.05) is 32.2 Å². The van der Waals surface area contributed by atoms with E-state index in [-0.39, 0.29) is 0 Å². The van der Waals surface area contributed by atoms with E-state index in [1.165, 1.54) is 5.56 Å². The average Bonchev–Trinajstić information content (AvgIpc) is 2.41. The first-order chi connectivity index (χ1) is 8.76. The number of rotatable bonds is 4. The lowest BCUT2D eigenvalue weighted by atomic mass is 10.0. The number of piperazine rings is 1. The van der Waals surface area contributed by atoms with Crippen LogP contribution in [0, 0.1) is 0 Å². The van der Waals surface area contributed by atoms with E-state index >= 15 is 0 Å². The van der Waals surface area contributed by atoms with E-state index in [1.54, 1.807) is 7.11 Å². The molecule has 0 aliphatic carbocycles. The van der Waals surface area contributed by atoms with Gasteiger partial charge in [0.05, 0.1) is 11.6 Å². The highest BCUT2D eigenvalue weighted by Crippen LogP contribution is 2.31. The predicted octanol–water partition coefficient (Wildman–Crippen LogP) is 2.81. The molecule has 3 nitrogen and oxygen atoms in total. The highest BCUT2D eigenvalue weighted by atomic mass is 79.9. The molecule has 2 rings (SSSR count). The molecule has 4 heteroatoms. The number of methoxy groups -OCH3 is 1. The fourth-order valence-corrected chi connectivity index (χ4v) is 3.15. The monoisotopic (exact) mass is 312 g/mol. The molecule has 1 heterocycles. The van der Waals surface area contributed by atoms with Gasteiger partial charge in [0.2, 0.25) is 0 Å². The summed E-state index contributed by atoms with van der Waals surface area (Å²) in [6.45, 7) is 6.69. The summed E-state index contributed by atoms with van der Waals surface area (Å²) in [6.07, 6.45) is 1.14. The molecule has 0 aromatic heterocycles. The van der Waals surface area contributed by atoms with Crippen molar-refractivity contribution in [2.24, 2.45) is 0 Å². The van der Waals surface area contributed by atoms with Crippen molar-refractivity contribution in [1.29, 1.82) is 0 Å². The lowest BCUT2D eigenvalue weighted by Crippen LogP contribution is -2.45. The second-order valence-corrected chi connectivity index (χ2v) is 5.46. The van der Waals surface area contributed by atoms with Crippen LogP contribution in [0.25, 0.3) is 0 Å². The van der Waals surface area contributed by atoms with Crippen molar-refractivity contribution in [3.63, 3.8) is 0 Å². The van der Waals surface area contributed by atoms with Crippen LogP contribution in [-0.2, 0) is 0 Å². The Balaban J connectivity index is 2.18. The van der Waals surface area contributed by atoms with Gasteiger partial charge in [-0.2, -0.15) is 0 Å². The molecule has 1 aromatic rings. The maximum Gasteiger partial charge on any atom is 0.133 e. The zero-order valence-electron chi connectivity index (χ0n) is 11.1. The second-order valence-electron chi connectivity index (χ2n) is 4.60. The van der Waals surface area contributed by atoms with Crippen LogP contribution >= 0.6 is 15.9 Å². The third kappa shape index (κ3) is 3.05. The van der Waals surface area contributed by atoms with Gasteiger partial charge in [0.1, 0.15) is 5.75 Å². The minimum atomic E-state index is 0.509. The van der Waals surface area contributed by atoms with Crippen LogP contribution in [0.15, 0.2) is 22.7 Å². The summed E-state index contributed by atoms with van der Waals surface area (Å²) in [6, 6.07) is 6.92. The molecule has 1 saturated heterocycles. The van der Waals surface area contributed by atoms with Crippen LogP contribution in [0.3, 0.4) is 0 Å². The van der Waals surface area contributed by atoms with Gasteiger partial charge in [-0.1, -0.05) is 13.0 Å². The van der Waals surface area contributed by atoms with Gasteiger partial charge in [0.15, 0.2) is 0 Å². The molecule has 1 aliphatic heterocycles. The Morgan fingerprint density at radius 2 is 2.11 bits per heavy atom. The lowest BCUT2D eigenvalue weighted by molar-refractivity contribution is 0.169. The predicted molar refractivity (Wildman–Crippen MR) is 78.2 cm³/mol. The topological polar surface area (TPSA) is 24.5 Å². The highest BCUT2D eigenvalue weighted by molar-refractivity contribution is 9.10. The Morgan fingerprint density at radius 3 is 2.67 bits per heavy atom. The molecular formula is C14H21BrN2O. The molecule has 0 amide bonds. The first kappa shape index (κ1) is 13.8. The largest absolute Gasteiger partial charge is 0.496 e. The van der Waals surface area contributed by atoms with E-state index in [1.807, 2.05) is 6.07 Å². The van der Waals surface area contributed by atoms with Gasteiger partial charge in [-0.3, -0.25) is 4.90 Å². The van der Waals surface area contributed by atoms with Crippen molar-refractivity contribution < 1.29 is 4.74 Å². The number of ether oxygens (including phenoxy) is 1. The number of benzene rings is 1. The van der Waals surface area contributed by atoms with Crippen LogP contribution < -0.4 is 10.1 Å². The fourth-order valence-electron chi connectivity index (χ4n) is 2.59. The number of hydrogen-bond acceptors (Lipinski definition) is 3.